The molecule has 2 aromatic heterocycles. The van der Waals surface area contributed by atoms with Crippen molar-refractivity contribution in [3.8, 4) is 0 Å². The smallest absolute Gasteiger partial charge is 0.332 e. The van der Waals surface area contributed by atoms with Gasteiger partial charge in [-0.05, 0) is 30.3 Å². The zero-order valence-corrected chi connectivity index (χ0v) is 15.1. The maximum absolute atomic E-state index is 12.9. The fourth-order valence-corrected chi connectivity index (χ4v) is 3.15. The lowest BCUT2D eigenvalue weighted by Crippen LogP contribution is -2.14. The molecule has 2 N–H and O–H groups in total. The third kappa shape index (κ3) is 5.18. The molecule has 1 amide bonds. The highest BCUT2D eigenvalue weighted by molar-refractivity contribution is 7.13. The van der Waals surface area contributed by atoms with Gasteiger partial charge in [-0.25, -0.2) is 4.98 Å². The highest BCUT2D eigenvalue weighted by Gasteiger charge is 2.33. The first-order valence-electron chi connectivity index (χ1n) is 7.59. The van der Waals surface area contributed by atoms with Gasteiger partial charge in [0.25, 0.3) is 0 Å². The van der Waals surface area contributed by atoms with Gasteiger partial charge in [-0.1, -0.05) is 11.6 Å². The predicted molar refractivity (Wildman–Crippen MR) is 98.4 cm³/mol. The highest BCUT2D eigenvalue weighted by Crippen LogP contribution is 2.36. The molecule has 3 aromatic rings. The lowest BCUT2D eigenvalue weighted by Gasteiger charge is -2.11. The first-order chi connectivity index (χ1) is 12.8. The Bertz CT molecular complexity index is 947. The largest absolute Gasteiger partial charge is 0.417 e. The van der Waals surface area contributed by atoms with Crippen molar-refractivity contribution in [1.82, 2.24) is 9.97 Å². The fraction of sp³-hybridized carbons (Fsp3) is 0.118. The second-order valence-electron chi connectivity index (χ2n) is 5.43. The second-order valence-corrected chi connectivity index (χ2v) is 6.69. The summed E-state index contributed by atoms with van der Waals surface area (Å²) in [7, 11) is 0. The first-order valence-corrected chi connectivity index (χ1v) is 8.85. The van der Waals surface area contributed by atoms with E-state index < -0.39 is 11.7 Å². The molecule has 3 rings (SSSR count). The number of nitrogens with one attached hydrogen (secondary N) is 2. The van der Waals surface area contributed by atoms with Gasteiger partial charge >= 0.3 is 6.18 Å². The molecular weight excluding hydrogens is 401 g/mol. The highest BCUT2D eigenvalue weighted by atomic mass is 35.5. The van der Waals surface area contributed by atoms with Crippen molar-refractivity contribution in [2.75, 3.05) is 10.6 Å². The fourth-order valence-electron chi connectivity index (χ4n) is 2.20. The number of alkyl halides is 3. The number of pyridine rings is 1. The normalized spacial score (nSPS) is 11.3. The molecule has 5 nitrogen and oxygen atoms in total. The van der Waals surface area contributed by atoms with Gasteiger partial charge < -0.3 is 10.6 Å². The van der Waals surface area contributed by atoms with Crippen LogP contribution in [0, 0.1) is 0 Å². The van der Waals surface area contributed by atoms with Crippen molar-refractivity contribution >= 4 is 45.4 Å². The van der Waals surface area contributed by atoms with E-state index in [0.717, 1.165) is 6.07 Å². The number of hydrogen-bond donors (Lipinski definition) is 2. The molecule has 0 unspecified atom stereocenters. The molecule has 27 heavy (non-hydrogen) atoms. The van der Waals surface area contributed by atoms with Gasteiger partial charge in [0.15, 0.2) is 5.13 Å². The van der Waals surface area contributed by atoms with E-state index in [2.05, 4.69) is 20.6 Å². The van der Waals surface area contributed by atoms with E-state index in [0.29, 0.717) is 16.5 Å². The van der Waals surface area contributed by atoms with Crippen molar-refractivity contribution in [2.24, 2.45) is 0 Å². The number of hydrogen-bond acceptors (Lipinski definition) is 5. The van der Waals surface area contributed by atoms with E-state index in [4.69, 9.17) is 11.6 Å². The van der Waals surface area contributed by atoms with Crippen LogP contribution >= 0.6 is 22.9 Å². The molecule has 0 aliphatic carbocycles. The Balaban J connectivity index is 1.65. The van der Waals surface area contributed by atoms with Crippen LogP contribution in [0.25, 0.3) is 0 Å². The summed E-state index contributed by atoms with van der Waals surface area (Å²) >= 11 is 6.78. The Morgan fingerprint density at radius 1 is 1.22 bits per heavy atom. The monoisotopic (exact) mass is 412 g/mol. The Labute approximate surface area is 161 Å². The second kappa shape index (κ2) is 7.93. The molecule has 0 fully saturated rings. The molecule has 0 bridgehead atoms. The molecule has 1 aromatic carbocycles. The Morgan fingerprint density at radius 2 is 2.04 bits per heavy atom. The van der Waals surface area contributed by atoms with Gasteiger partial charge in [-0.3, -0.25) is 9.78 Å². The van der Waals surface area contributed by atoms with Crippen LogP contribution in [-0.2, 0) is 17.4 Å². The summed E-state index contributed by atoms with van der Waals surface area (Å²) in [5.41, 5.74) is 0.333. The zero-order chi connectivity index (χ0) is 19.4. The van der Waals surface area contributed by atoms with Gasteiger partial charge in [0, 0.05) is 17.3 Å². The van der Waals surface area contributed by atoms with Crippen LogP contribution in [0.1, 0.15) is 11.3 Å². The molecule has 0 aliphatic rings. The molecule has 10 heteroatoms. The van der Waals surface area contributed by atoms with Crippen molar-refractivity contribution in [1.29, 1.82) is 0 Å². The van der Waals surface area contributed by atoms with Crippen molar-refractivity contribution in [2.45, 2.75) is 12.6 Å². The number of amides is 1. The predicted octanol–water partition coefficient (Wildman–Crippen LogP) is 5.14. The van der Waals surface area contributed by atoms with Crippen LogP contribution in [0.2, 0.25) is 5.02 Å². The molecule has 0 atom stereocenters. The number of nitrogens with zero attached hydrogens (tertiary/aromatic N) is 2. The Hall–Kier alpha value is -2.65. The number of carbonyl (C=O) groups excluding carboxylic acids is 1. The van der Waals surface area contributed by atoms with Crippen LogP contribution in [0.5, 0.6) is 0 Å². The van der Waals surface area contributed by atoms with Crippen LogP contribution in [-0.4, -0.2) is 15.9 Å². The number of benzene rings is 1. The van der Waals surface area contributed by atoms with Gasteiger partial charge in [0.1, 0.15) is 0 Å². The lowest BCUT2D eigenvalue weighted by atomic mass is 10.2. The summed E-state index contributed by atoms with van der Waals surface area (Å²) in [5.74, 6) is -0.272. The lowest BCUT2D eigenvalue weighted by molar-refractivity contribution is -0.137. The SMILES string of the molecule is O=C(Cc1csc(Nc2ccc(Cl)c(C(F)(F)F)c2)n1)Nc1cccnc1. The summed E-state index contributed by atoms with van der Waals surface area (Å²) in [4.78, 5) is 20.1. The molecule has 0 aliphatic heterocycles. The molecule has 0 radical (unpaired) electrons. The maximum Gasteiger partial charge on any atom is 0.417 e. The summed E-state index contributed by atoms with van der Waals surface area (Å²) in [6, 6.07) is 6.91. The maximum atomic E-state index is 12.9. The Kier molecular flexibility index (Phi) is 5.62. The van der Waals surface area contributed by atoms with E-state index in [1.807, 2.05) is 0 Å². The number of anilines is 3. The van der Waals surface area contributed by atoms with Gasteiger partial charge in [0.05, 0.1) is 34.6 Å². The van der Waals surface area contributed by atoms with Crippen LogP contribution in [0.15, 0.2) is 48.1 Å². The van der Waals surface area contributed by atoms with Gasteiger partial charge in [-0.2, -0.15) is 13.2 Å². The minimum absolute atomic E-state index is 0.0293. The van der Waals surface area contributed by atoms with E-state index in [9.17, 15) is 18.0 Å². The summed E-state index contributed by atoms with van der Waals surface area (Å²) in [5, 5.41) is 7.13. The summed E-state index contributed by atoms with van der Waals surface area (Å²) in [6.45, 7) is 0. The molecular formula is C17H12ClF3N4OS. The summed E-state index contributed by atoms with van der Waals surface area (Å²) in [6.07, 6.45) is -1.41. The number of halogens is 4. The average Bonchev–Trinajstić information content (AvgIpc) is 3.03. The molecule has 0 saturated carbocycles. The number of carbonyl (C=O) groups is 1. The van der Waals surface area contributed by atoms with Crippen molar-refractivity contribution in [3.05, 3.63) is 64.4 Å². The van der Waals surface area contributed by atoms with E-state index in [-0.39, 0.29) is 23.0 Å². The molecule has 0 spiro atoms. The van der Waals surface area contributed by atoms with E-state index in [1.165, 1.54) is 29.7 Å². The average molecular weight is 413 g/mol. The van der Waals surface area contributed by atoms with Crippen LogP contribution in [0.3, 0.4) is 0 Å². The van der Waals surface area contributed by atoms with Gasteiger partial charge in [-0.15, -0.1) is 11.3 Å². The van der Waals surface area contributed by atoms with Crippen molar-refractivity contribution < 1.29 is 18.0 Å². The zero-order valence-electron chi connectivity index (χ0n) is 13.5. The quantitative estimate of drug-likeness (QED) is 0.609. The van der Waals surface area contributed by atoms with E-state index >= 15 is 0 Å². The van der Waals surface area contributed by atoms with Crippen molar-refractivity contribution in [3.63, 3.8) is 0 Å². The van der Waals surface area contributed by atoms with Crippen LogP contribution < -0.4 is 10.6 Å². The molecule has 140 valence electrons. The topological polar surface area (TPSA) is 66.9 Å². The number of thiazole rings is 1. The van der Waals surface area contributed by atoms with Gasteiger partial charge in [0.2, 0.25) is 5.91 Å². The Morgan fingerprint density at radius 3 is 2.74 bits per heavy atom. The third-order valence-electron chi connectivity index (χ3n) is 3.36. The number of rotatable bonds is 5. The molecule has 0 saturated heterocycles. The minimum atomic E-state index is -4.55. The standard InChI is InChI=1S/C17H12ClF3N4OS/c18-14-4-3-10(6-13(14)17(19,20)21)24-16-25-12(9-27-16)7-15(26)23-11-2-1-5-22-8-11/h1-6,8-9H,7H2,(H,23,26)(H,24,25). The third-order valence-corrected chi connectivity index (χ3v) is 4.50. The van der Waals surface area contributed by atoms with E-state index in [1.54, 1.807) is 23.7 Å². The summed E-state index contributed by atoms with van der Waals surface area (Å²) < 4.78 is 38.8. The minimum Gasteiger partial charge on any atom is -0.332 e. The molecule has 2 heterocycles. The number of aromatic nitrogens is 2. The van der Waals surface area contributed by atoms with Crippen LogP contribution in [0.4, 0.5) is 29.7 Å². The first kappa shape index (κ1) is 19.1.